The van der Waals surface area contributed by atoms with Crippen molar-refractivity contribution in [2.75, 3.05) is 7.11 Å². The van der Waals surface area contributed by atoms with Crippen LogP contribution in [0.25, 0.3) is 0 Å². The second kappa shape index (κ2) is 5.91. The van der Waals surface area contributed by atoms with Crippen LogP contribution in [0.3, 0.4) is 0 Å². The van der Waals surface area contributed by atoms with Crippen LogP contribution < -0.4 is 4.74 Å². The van der Waals surface area contributed by atoms with Crippen molar-refractivity contribution in [3.63, 3.8) is 0 Å². The van der Waals surface area contributed by atoms with Gasteiger partial charge in [-0.15, -0.1) is 0 Å². The molecule has 16 heavy (non-hydrogen) atoms. The van der Waals surface area contributed by atoms with Crippen LogP contribution in [-0.2, 0) is 0 Å². The number of benzene rings is 1. The molecule has 1 aromatic rings. The SMILES string of the molecule is CC=CC(=CC)C(=O)c1ccc(OC)cc1. The first-order valence-corrected chi connectivity index (χ1v) is 5.20. The average Bonchev–Trinajstić information content (AvgIpc) is 2.35. The van der Waals surface area contributed by atoms with E-state index in [9.17, 15) is 4.79 Å². The Hall–Kier alpha value is -1.83. The predicted octanol–water partition coefficient (Wildman–Crippen LogP) is 3.40. The van der Waals surface area contributed by atoms with Crippen LogP contribution in [0.2, 0.25) is 0 Å². The maximum Gasteiger partial charge on any atom is 0.192 e. The number of carbonyl (C=O) groups excluding carboxylic acids is 1. The van der Waals surface area contributed by atoms with Crippen molar-refractivity contribution >= 4 is 5.78 Å². The molecule has 0 unspecified atom stereocenters. The number of ketones is 1. The third-order valence-corrected chi connectivity index (χ3v) is 2.27. The fourth-order valence-corrected chi connectivity index (χ4v) is 1.39. The zero-order valence-corrected chi connectivity index (χ0v) is 9.86. The highest BCUT2D eigenvalue weighted by molar-refractivity contribution is 6.10. The summed E-state index contributed by atoms with van der Waals surface area (Å²) in [4.78, 5) is 12.0. The summed E-state index contributed by atoms with van der Waals surface area (Å²) in [6.07, 6.45) is 5.48. The lowest BCUT2D eigenvalue weighted by atomic mass is 10.0. The van der Waals surface area contributed by atoms with E-state index >= 15 is 0 Å². The van der Waals surface area contributed by atoms with Crippen LogP contribution in [0.4, 0.5) is 0 Å². The molecule has 2 nitrogen and oxygen atoms in total. The highest BCUT2D eigenvalue weighted by Crippen LogP contribution is 2.15. The number of allylic oxidation sites excluding steroid dienone is 4. The van der Waals surface area contributed by atoms with E-state index in [4.69, 9.17) is 4.74 Å². The Morgan fingerprint density at radius 3 is 2.25 bits per heavy atom. The monoisotopic (exact) mass is 216 g/mol. The molecule has 0 fully saturated rings. The van der Waals surface area contributed by atoms with Gasteiger partial charge < -0.3 is 4.74 Å². The Morgan fingerprint density at radius 1 is 1.19 bits per heavy atom. The molecule has 1 rings (SSSR count). The Morgan fingerprint density at radius 2 is 1.81 bits per heavy atom. The van der Waals surface area contributed by atoms with Crippen molar-refractivity contribution in [2.45, 2.75) is 13.8 Å². The predicted molar refractivity (Wildman–Crippen MR) is 65.9 cm³/mol. The van der Waals surface area contributed by atoms with Gasteiger partial charge in [-0.2, -0.15) is 0 Å². The van der Waals surface area contributed by atoms with E-state index in [1.165, 1.54) is 0 Å². The third-order valence-electron chi connectivity index (χ3n) is 2.27. The smallest absolute Gasteiger partial charge is 0.192 e. The summed E-state index contributed by atoms with van der Waals surface area (Å²) < 4.78 is 5.04. The molecule has 0 aromatic heterocycles. The molecular formula is C14H16O2. The Labute approximate surface area is 96.2 Å². The minimum atomic E-state index is 0.0308. The summed E-state index contributed by atoms with van der Waals surface area (Å²) in [5.74, 6) is 0.785. The normalized spacial score (nSPS) is 11.8. The molecule has 0 aliphatic heterocycles. The van der Waals surface area contributed by atoms with Crippen LogP contribution in [0.1, 0.15) is 24.2 Å². The molecule has 1 aromatic carbocycles. The zero-order valence-electron chi connectivity index (χ0n) is 9.86. The van der Waals surface area contributed by atoms with Gasteiger partial charge in [-0.3, -0.25) is 4.79 Å². The molecule has 0 saturated heterocycles. The van der Waals surface area contributed by atoms with Crippen molar-refractivity contribution in [1.82, 2.24) is 0 Å². The van der Waals surface area contributed by atoms with Gasteiger partial charge in [-0.05, 0) is 38.1 Å². The highest BCUT2D eigenvalue weighted by atomic mass is 16.5. The van der Waals surface area contributed by atoms with E-state index < -0.39 is 0 Å². The van der Waals surface area contributed by atoms with Gasteiger partial charge in [0.2, 0.25) is 0 Å². The summed E-state index contributed by atoms with van der Waals surface area (Å²) >= 11 is 0. The summed E-state index contributed by atoms with van der Waals surface area (Å²) in [7, 11) is 1.61. The first kappa shape index (κ1) is 12.2. The van der Waals surface area contributed by atoms with Gasteiger partial charge in [0, 0.05) is 11.1 Å². The Bertz CT molecular complexity index is 411. The van der Waals surface area contributed by atoms with Crippen LogP contribution >= 0.6 is 0 Å². The topological polar surface area (TPSA) is 26.3 Å². The van der Waals surface area contributed by atoms with Gasteiger partial charge in [0.25, 0.3) is 0 Å². The number of ether oxygens (including phenoxy) is 1. The van der Waals surface area contributed by atoms with Crippen LogP contribution in [0, 0.1) is 0 Å². The van der Waals surface area contributed by atoms with Gasteiger partial charge in [-0.1, -0.05) is 18.2 Å². The van der Waals surface area contributed by atoms with Gasteiger partial charge in [0.15, 0.2) is 5.78 Å². The summed E-state index contributed by atoms with van der Waals surface area (Å²) in [5, 5.41) is 0. The van der Waals surface area contributed by atoms with Crippen molar-refractivity contribution in [1.29, 1.82) is 0 Å². The fraction of sp³-hybridized carbons (Fsp3) is 0.214. The minimum Gasteiger partial charge on any atom is -0.497 e. The molecule has 0 saturated carbocycles. The van der Waals surface area contributed by atoms with Gasteiger partial charge in [0.1, 0.15) is 5.75 Å². The first-order chi connectivity index (χ1) is 7.72. The maximum atomic E-state index is 12.0. The van der Waals surface area contributed by atoms with E-state index in [0.29, 0.717) is 11.1 Å². The molecule has 0 atom stereocenters. The van der Waals surface area contributed by atoms with Gasteiger partial charge in [-0.25, -0.2) is 0 Å². The minimum absolute atomic E-state index is 0.0308. The first-order valence-electron chi connectivity index (χ1n) is 5.20. The molecule has 0 amide bonds. The molecule has 0 N–H and O–H groups in total. The number of hydrogen-bond donors (Lipinski definition) is 0. The average molecular weight is 216 g/mol. The second-order valence-corrected chi connectivity index (χ2v) is 3.30. The number of methoxy groups -OCH3 is 1. The summed E-state index contributed by atoms with van der Waals surface area (Å²) in [6, 6.07) is 7.12. The number of Topliss-reactive ketones (excluding diaryl/α,β-unsaturated/α-hetero) is 1. The molecule has 0 radical (unpaired) electrons. The lowest BCUT2D eigenvalue weighted by Gasteiger charge is -2.03. The van der Waals surface area contributed by atoms with Gasteiger partial charge >= 0.3 is 0 Å². The summed E-state index contributed by atoms with van der Waals surface area (Å²) in [6.45, 7) is 3.75. The lowest BCUT2D eigenvalue weighted by molar-refractivity contribution is 0.103. The van der Waals surface area contributed by atoms with Crippen molar-refractivity contribution < 1.29 is 9.53 Å². The zero-order chi connectivity index (χ0) is 12.0. The van der Waals surface area contributed by atoms with E-state index in [-0.39, 0.29) is 5.78 Å². The van der Waals surface area contributed by atoms with Gasteiger partial charge in [0.05, 0.1) is 7.11 Å². The lowest BCUT2D eigenvalue weighted by Crippen LogP contribution is -2.01. The van der Waals surface area contributed by atoms with Crippen LogP contribution in [0.5, 0.6) is 5.75 Å². The van der Waals surface area contributed by atoms with E-state index in [1.807, 2.05) is 32.1 Å². The van der Waals surface area contributed by atoms with Crippen molar-refractivity contribution in [3.05, 3.63) is 53.6 Å². The third kappa shape index (κ3) is 2.83. The maximum absolute atomic E-state index is 12.0. The van der Waals surface area contributed by atoms with Crippen LogP contribution in [0.15, 0.2) is 48.1 Å². The molecule has 84 valence electrons. The van der Waals surface area contributed by atoms with Crippen molar-refractivity contribution in [3.8, 4) is 5.75 Å². The number of rotatable bonds is 4. The van der Waals surface area contributed by atoms with Crippen molar-refractivity contribution in [2.24, 2.45) is 0 Å². The van der Waals surface area contributed by atoms with E-state index in [0.717, 1.165) is 5.75 Å². The molecular weight excluding hydrogens is 200 g/mol. The van der Waals surface area contributed by atoms with E-state index in [2.05, 4.69) is 0 Å². The second-order valence-electron chi connectivity index (χ2n) is 3.30. The van der Waals surface area contributed by atoms with E-state index in [1.54, 1.807) is 31.4 Å². The molecule has 0 aliphatic carbocycles. The summed E-state index contributed by atoms with van der Waals surface area (Å²) in [5.41, 5.74) is 1.37. The molecule has 0 heterocycles. The van der Waals surface area contributed by atoms with Crippen LogP contribution in [-0.4, -0.2) is 12.9 Å². The molecule has 0 spiro atoms. The number of carbonyl (C=O) groups is 1. The molecule has 0 aliphatic rings. The molecule has 0 bridgehead atoms. The Balaban J connectivity index is 2.96. The largest absolute Gasteiger partial charge is 0.497 e. The Kier molecular flexibility index (Phi) is 4.52. The standard InChI is InChI=1S/C14H16O2/c1-4-6-11(5-2)14(15)12-7-9-13(16-3)10-8-12/h4-10H,1-3H3. The quantitative estimate of drug-likeness (QED) is 0.438. The fourth-order valence-electron chi connectivity index (χ4n) is 1.39. The molecule has 2 heteroatoms. The number of hydrogen-bond acceptors (Lipinski definition) is 2. The highest BCUT2D eigenvalue weighted by Gasteiger charge is 2.08.